The van der Waals surface area contributed by atoms with Crippen LogP contribution in [-0.4, -0.2) is 20.4 Å². The SMILES string of the molecule is Cn1nc(C[C@H]2CCCC[C@@H]2N)n(C)c1=O. The topological polar surface area (TPSA) is 65.8 Å². The summed E-state index contributed by atoms with van der Waals surface area (Å²) < 4.78 is 3.02. The Balaban J connectivity index is 2.13. The van der Waals surface area contributed by atoms with Crippen LogP contribution in [0.4, 0.5) is 0 Å². The molecule has 5 heteroatoms. The molecule has 5 nitrogen and oxygen atoms in total. The standard InChI is InChI=1S/C11H20N4O/c1-14-10(13-15(2)11(14)16)7-8-5-3-4-6-9(8)12/h8-9H,3-7,12H2,1-2H3/t8-,9+/m1/s1. The zero-order valence-corrected chi connectivity index (χ0v) is 10.0. The normalized spacial score (nSPS) is 25.9. The van der Waals surface area contributed by atoms with E-state index in [0.717, 1.165) is 25.1 Å². The van der Waals surface area contributed by atoms with Crippen LogP contribution in [0.2, 0.25) is 0 Å². The average Bonchev–Trinajstić information content (AvgIpc) is 2.50. The molecule has 2 rings (SSSR count). The van der Waals surface area contributed by atoms with Gasteiger partial charge in [0.05, 0.1) is 0 Å². The van der Waals surface area contributed by atoms with Crippen LogP contribution >= 0.6 is 0 Å². The zero-order valence-electron chi connectivity index (χ0n) is 10.0. The van der Waals surface area contributed by atoms with Gasteiger partial charge in [0.2, 0.25) is 0 Å². The van der Waals surface area contributed by atoms with E-state index in [1.54, 1.807) is 18.7 Å². The maximum absolute atomic E-state index is 11.5. The van der Waals surface area contributed by atoms with Crippen LogP contribution in [0, 0.1) is 5.92 Å². The molecule has 1 aliphatic rings. The number of hydrogen-bond donors (Lipinski definition) is 1. The summed E-state index contributed by atoms with van der Waals surface area (Å²) in [4.78, 5) is 11.5. The van der Waals surface area contributed by atoms with Gasteiger partial charge in [0.1, 0.15) is 5.82 Å². The van der Waals surface area contributed by atoms with E-state index < -0.39 is 0 Å². The molecule has 2 N–H and O–H groups in total. The molecule has 0 saturated heterocycles. The van der Waals surface area contributed by atoms with Crippen LogP contribution in [0.15, 0.2) is 4.79 Å². The molecule has 0 amide bonds. The summed E-state index contributed by atoms with van der Waals surface area (Å²) in [6.45, 7) is 0. The van der Waals surface area contributed by atoms with E-state index in [-0.39, 0.29) is 11.7 Å². The molecular formula is C11H20N4O. The summed E-state index contributed by atoms with van der Waals surface area (Å²) in [5, 5.41) is 4.25. The van der Waals surface area contributed by atoms with Gasteiger partial charge in [0, 0.05) is 26.6 Å². The Kier molecular flexibility index (Phi) is 3.14. The highest BCUT2D eigenvalue weighted by atomic mass is 16.2. The van der Waals surface area contributed by atoms with Crippen LogP contribution in [0.25, 0.3) is 0 Å². The fourth-order valence-corrected chi connectivity index (χ4v) is 2.51. The van der Waals surface area contributed by atoms with Gasteiger partial charge >= 0.3 is 5.69 Å². The Morgan fingerprint density at radius 1 is 1.38 bits per heavy atom. The Hall–Kier alpha value is -1.10. The first kappa shape index (κ1) is 11.4. The van der Waals surface area contributed by atoms with Crippen LogP contribution in [-0.2, 0) is 20.5 Å². The van der Waals surface area contributed by atoms with E-state index in [9.17, 15) is 4.79 Å². The highest BCUT2D eigenvalue weighted by Gasteiger charge is 2.24. The van der Waals surface area contributed by atoms with Gasteiger partial charge < -0.3 is 5.73 Å². The van der Waals surface area contributed by atoms with Gasteiger partial charge in [0.15, 0.2) is 0 Å². The molecule has 0 radical (unpaired) electrons. The number of rotatable bonds is 2. The van der Waals surface area contributed by atoms with Crippen LogP contribution in [0.3, 0.4) is 0 Å². The van der Waals surface area contributed by atoms with E-state index in [1.165, 1.54) is 17.5 Å². The minimum atomic E-state index is -0.0561. The van der Waals surface area contributed by atoms with Gasteiger partial charge in [-0.05, 0) is 18.8 Å². The Bertz CT molecular complexity index is 420. The molecule has 1 aromatic rings. The number of nitrogens with zero attached hydrogens (tertiary/aromatic N) is 3. The lowest BCUT2D eigenvalue weighted by atomic mass is 9.83. The molecule has 90 valence electrons. The van der Waals surface area contributed by atoms with Gasteiger partial charge in [-0.2, -0.15) is 5.10 Å². The van der Waals surface area contributed by atoms with Gasteiger partial charge in [-0.25, -0.2) is 9.48 Å². The maximum Gasteiger partial charge on any atom is 0.345 e. The Morgan fingerprint density at radius 3 is 2.62 bits per heavy atom. The van der Waals surface area contributed by atoms with Crippen LogP contribution in [0.5, 0.6) is 0 Å². The molecule has 1 heterocycles. The molecular weight excluding hydrogens is 204 g/mol. The lowest BCUT2D eigenvalue weighted by Gasteiger charge is -2.27. The van der Waals surface area contributed by atoms with E-state index in [0.29, 0.717) is 5.92 Å². The van der Waals surface area contributed by atoms with Crippen molar-refractivity contribution in [3.63, 3.8) is 0 Å². The molecule has 0 unspecified atom stereocenters. The Labute approximate surface area is 95.2 Å². The van der Waals surface area contributed by atoms with Gasteiger partial charge in [-0.3, -0.25) is 4.57 Å². The maximum atomic E-state index is 11.5. The molecule has 16 heavy (non-hydrogen) atoms. The largest absolute Gasteiger partial charge is 0.345 e. The minimum Gasteiger partial charge on any atom is -0.327 e. The fraction of sp³-hybridized carbons (Fsp3) is 0.818. The summed E-state index contributed by atoms with van der Waals surface area (Å²) in [7, 11) is 3.46. The lowest BCUT2D eigenvalue weighted by Crippen LogP contribution is -2.35. The summed E-state index contributed by atoms with van der Waals surface area (Å²) >= 11 is 0. The van der Waals surface area contributed by atoms with Crippen molar-refractivity contribution in [1.82, 2.24) is 14.3 Å². The smallest absolute Gasteiger partial charge is 0.327 e. The third-order valence-electron chi connectivity index (χ3n) is 3.63. The van der Waals surface area contributed by atoms with Crippen molar-refractivity contribution < 1.29 is 0 Å². The van der Waals surface area contributed by atoms with Crippen molar-refractivity contribution >= 4 is 0 Å². The molecule has 1 saturated carbocycles. The summed E-state index contributed by atoms with van der Waals surface area (Å²) in [5.74, 6) is 1.34. The quantitative estimate of drug-likeness (QED) is 0.779. The third-order valence-corrected chi connectivity index (χ3v) is 3.63. The average molecular weight is 224 g/mol. The molecule has 0 bridgehead atoms. The summed E-state index contributed by atoms with van der Waals surface area (Å²) in [6.07, 6.45) is 5.57. The molecule has 1 aliphatic carbocycles. The lowest BCUT2D eigenvalue weighted by molar-refractivity contribution is 0.300. The molecule has 1 fully saturated rings. The van der Waals surface area contributed by atoms with Crippen molar-refractivity contribution in [2.45, 2.75) is 38.1 Å². The first-order valence-electron chi connectivity index (χ1n) is 5.94. The first-order chi connectivity index (χ1) is 7.59. The first-order valence-corrected chi connectivity index (χ1v) is 5.94. The summed E-state index contributed by atoms with van der Waals surface area (Å²) in [5.41, 5.74) is 6.04. The van der Waals surface area contributed by atoms with Crippen molar-refractivity contribution in [3.05, 3.63) is 16.3 Å². The second-order valence-corrected chi connectivity index (χ2v) is 4.79. The number of aromatic nitrogens is 3. The van der Waals surface area contributed by atoms with E-state index >= 15 is 0 Å². The molecule has 2 atom stereocenters. The number of aryl methyl sites for hydroxylation is 1. The fourth-order valence-electron chi connectivity index (χ4n) is 2.51. The monoisotopic (exact) mass is 224 g/mol. The number of hydrogen-bond acceptors (Lipinski definition) is 3. The predicted molar refractivity (Wildman–Crippen MR) is 62.1 cm³/mol. The molecule has 0 aromatic carbocycles. The third kappa shape index (κ3) is 2.04. The second kappa shape index (κ2) is 4.41. The number of nitrogens with two attached hydrogens (primary N) is 1. The molecule has 0 spiro atoms. The van der Waals surface area contributed by atoms with E-state index in [2.05, 4.69) is 5.10 Å². The van der Waals surface area contributed by atoms with Gasteiger partial charge in [0.25, 0.3) is 0 Å². The Morgan fingerprint density at radius 2 is 2.06 bits per heavy atom. The van der Waals surface area contributed by atoms with E-state index in [1.807, 2.05) is 0 Å². The molecule has 0 aliphatic heterocycles. The predicted octanol–water partition coefficient (Wildman–Crippen LogP) is 0.179. The van der Waals surface area contributed by atoms with Crippen molar-refractivity contribution in [2.75, 3.05) is 0 Å². The van der Waals surface area contributed by atoms with Crippen LogP contribution < -0.4 is 11.4 Å². The van der Waals surface area contributed by atoms with E-state index in [4.69, 9.17) is 5.73 Å². The highest BCUT2D eigenvalue weighted by molar-refractivity contribution is 4.92. The van der Waals surface area contributed by atoms with Gasteiger partial charge in [-0.15, -0.1) is 0 Å². The second-order valence-electron chi connectivity index (χ2n) is 4.79. The van der Waals surface area contributed by atoms with Crippen LogP contribution in [0.1, 0.15) is 31.5 Å². The van der Waals surface area contributed by atoms with Crippen molar-refractivity contribution in [2.24, 2.45) is 25.7 Å². The van der Waals surface area contributed by atoms with Crippen molar-refractivity contribution in [1.29, 1.82) is 0 Å². The zero-order chi connectivity index (χ0) is 11.7. The van der Waals surface area contributed by atoms with Gasteiger partial charge in [-0.1, -0.05) is 12.8 Å². The minimum absolute atomic E-state index is 0.0561. The summed E-state index contributed by atoms with van der Waals surface area (Å²) in [6, 6.07) is 0.269. The highest BCUT2D eigenvalue weighted by Crippen LogP contribution is 2.25. The molecule has 1 aromatic heterocycles. The van der Waals surface area contributed by atoms with Crippen molar-refractivity contribution in [3.8, 4) is 0 Å².